The van der Waals surface area contributed by atoms with Crippen LogP contribution >= 0.6 is 0 Å². The first-order valence-electron chi connectivity index (χ1n) is 1.62. The van der Waals surface area contributed by atoms with E-state index in [1.807, 2.05) is 0 Å². The molecule has 0 aliphatic carbocycles. The van der Waals surface area contributed by atoms with Crippen LogP contribution < -0.4 is 0 Å². The highest BCUT2D eigenvalue weighted by atomic mass is 28.3. The minimum atomic E-state index is -4.00. The quantitative estimate of drug-likeness (QED) is 0.426. The molecule has 7 heavy (non-hydrogen) atoms. The fourth-order valence-corrected chi connectivity index (χ4v) is 1.47. The Labute approximate surface area is 44.3 Å². The molecule has 1 nitrogen and oxygen atoms in total. The summed E-state index contributed by atoms with van der Waals surface area (Å²) in [4.78, 5) is 0. The highest BCUT2D eigenvalue weighted by molar-refractivity contribution is 6.36. The topological polar surface area (TPSA) is 9.23 Å². The fourth-order valence-electron chi connectivity index (χ4n) is 0.164. The number of hydrogen-bond acceptors (Lipinski definition) is 1. The van der Waals surface area contributed by atoms with Crippen molar-refractivity contribution in [2.75, 3.05) is 0 Å². The molecule has 0 aromatic heterocycles. The van der Waals surface area contributed by atoms with Crippen LogP contribution in [0.25, 0.3) is 0 Å². The molecule has 6 heteroatoms. The average molecular weight is 146 g/mol. The molecule has 0 heterocycles. The van der Waals surface area contributed by atoms with Gasteiger partial charge in [0.15, 0.2) is 0 Å². The maximum Gasteiger partial charge on any atom is 0.381 e. The van der Waals surface area contributed by atoms with Crippen LogP contribution in [0.15, 0.2) is 0 Å². The Morgan fingerprint density at radius 2 is 1.86 bits per heavy atom. The van der Waals surface area contributed by atoms with Crippen molar-refractivity contribution >= 4 is 20.2 Å². The monoisotopic (exact) mass is 146 g/mol. The summed E-state index contributed by atoms with van der Waals surface area (Å²) in [5, 5.41) is 0. The third kappa shape index (κ3) is 6.18. The summed E-state index contributed by atoms with van der Waals surface area (Å²) in [6, 6.07) is 0. The average Bonchev–Trinajstić information content (AvgIpc) is 1.30. The van der Waals surface area contributed by atoms with Gasteiger partial charge in [-0.25, -0.2) is 0 Å². The van der Waals surface area contributed by atoms with Gasteiger partial charge >= 0.3 is 5.80 Å². The first-order valence-corrected chi connectivity index (χ1v) is 3.72. The fraction of sp³-hybridized carbons (Fsp3) is 1.00. The molecule has 0 radical (unpaired) electrons. The second kappa shape index (κ2) is 2.48. The van der Waals surface area contributed by atoms with E-state index in [1.54, 1.807) is 0 Å². The molecule has 0 N–H and O–H groups in total. The minimum Gasteiger partial charge on any atom is -0.462 e. The van der Waals surface area contributed by atoms with E-state index in [1.165, 1.54) is 0 Å². The second-order valence-corrected chi connectivity index (χ2v) is 4.45. The lowest BCUT2D eigenvalue weighted by Gasteiger charge is -2.00. The zero-order valence-corrected chi connectivity index (χ0v) is 7.16. The van der Waals surface area contributed by atoms with Crippen LogP contribution in [0.4, 0.5) is 13.2 Å². The molecule has 0 fully saturated rings. The predicted molar refractivity (Wildman–Crippen MR) is 25.6 cm³/mol. The van der Waals surface area contributed by atoms with Gasteiger partial charge in [0.25, 0.3) is 9.76 Å². The van der Waals surface area contributed by atoms with Gasteiger partial charge in [0.05, 0.1) is 0 Å². The molecule has 0 rings (SSSR count). The molecule has 0 unspecified atom stereocenters. The molecule has 0 amide bonds. The van der Waals surface area contributed by atoms with Crippen molar-refractivity contribution in [1.29, 1.82) is 0 Å². The van der Waals surface area contributed by atoms with E-state index in [0.29, 0.717) is 0 Å². The van der Waals surface area contributed by atoms with E-state index in [9.17, 15) is 13.2 Å². The zero-order chi connectivity index (χ0) is 5.91. The van der Waals surface area contributed by atoms with E-state index in [4.69, 9.17) is 0 Å². The summed E-state index contributed by atoms with van der Waals surface area (Å²) < 4.78 is 37.1. The Hall–Kier alpha value is 0.184. The summed E-state index contributed by atoms with van der Waals surface area (Å²) in [5.74, 6) is -4.00. The summed E-state index contributed by atoms with van der Waals surface area (Å²) in [6.45, 7) is 0. The smallest absolute Gasteiger partial charge is 0.381 e. The van der Waals surface area contributed by atoms with Crippen molar-refractivity contribution in [1.82, 2.24) is 0 Å². The number of hydrogen-bond donors (Lipinski definition) is 0. The molecular formula is CH5F3OSi2. The summed E-state index contributed by atoms with van der Waals surface area (Å²) >= 11 is 0. The van der Waals surface area contributed by atoms with Gasteiger partial charge in [0.2, 0.25) is 0 Å². The van der Waals surface area contributed by atoms with Gasteiger partial charge < -0.3 is 4.12 Å². The molecule has 44 valence electrons. The van der Waals surface area contributed by atoms with Crippen molar-refractivity contribution in [3.05, 3.63) is 0 Å². The normalized spacial score (nSPS) is 14.1. The lowest BCUT2D eigenvalue weighted by Crippen LogP contribution is -2.20. The molecule has 0 aliphatic heterocycles. The SMILES string of the molecule is FC(F)(F)[SiH2]O[SiH3]. The van der Waals surface area contributed by atoms with Gasteiger partial charge in [0.1, 0.15) is 10.5 Å². The van der Waals surface area contributed by atoms with Crippen LogP contribution in [0.5, 0.6) is 0 Å². The summed E-state index contributed by atoms with van der Waals surface area (Å²) in [6.07, 6.45) is 0. The van der Waals surface area contributed by atoms with E-state index >= 15 is 0 Å². The molecule has 0 saturated heterocycles. The van der Waals surface area contributed by atoms with Gasteiger partial charge in [0, 0.05) is 0 Å². The molecule has 0 aromatic carbocycles. The minimum absolute atomic E-state index is 0.212. The van der Waals surface area contributed by atoms with Gasteiger partial charge in [-0.15, -0.1) is 0 Å². The Bertz CT molecular complexity index is 51.4. The largest absolute Gasteiger partial charge is 0.462 e. The van der Waals surface area contributed by atoms with Crippen molar-refractivity contribution < 1.29 is 17.3 Å². The lowest BCUT2D eigenvalue weighted by atomic mass is 11.5. The molecule has 0 atom stereocenters. The number of alkyl halides is 3. The van der Waals surface area contributed by atoms with Crippen molar-refractivity contribution in [2.45, 2.75) is 5.80 Å². The Kier molecular flexibility index (Phi) is 2.55. The Balaban J connectivity index is 3.15. The summed E-state index contributed by atoms with van der Waals surface area (Å²) in [5.41, 5.74) is 0. The van der Waals surface area contributed by atoms with Crippen LogP contribution in [-0.4, -0.2) is 26.0 Å². The zero-order valence-electron chi connectivity index (χ0n) is 3.75. The molecule has 0 aliphatic rings. The molecule has 0 aromatic rings. The Morgan fingerprint density at radius 3 is 1.86 bits per heavy atom. The molecule has 0 saturated carbocycles. The maximum atomic E-state index is 11.0. The van der Waals surface area contributed by atoms with Crippen molar-refractivity contribution in [3.8, 4) is 0 Å². The van der Waals surface area contributed by atoms with Gasteiger partial charge in [-0.05, 0) is 0 Å². The van der Waals surface area contributed by atoms with Crippen LogP contribution in [0.2, 0.25) is 0 Å². The second-order valence-electron chi connectivity index (χ2n) is 1.05. The van der Waals surface area contributed by atoms with Crippen molar-refractivity contribution in [2.24, 2.45) is 0 Å². The molecular weight excluding hydrogens is 141 g/mol. The van der Waals surface area contributed by atoms with Crippen LogP contribution in [0, 0.1) is 0 Å². The van der Waals surface area contributed by atoms with Crippen LogP contribution in [0.3, 0.4) is 0 Å². The maximum absolute atomic E-state index is 11.0. The molecule has 0 bridgehead atoms. The van der Waals surface area contributed by atoms with Gasteiger partial charge in [-0.3, -0.25) is 0 Å². The number of halogens is 3. The number of rotatable bonds is 1. The van der Waals surface area contributed by atoms with E-state index in [-0.39, 0.29) is 10.5 Å². The standard InChI is InChI=1S/CH5F3OSi2/c2-1(3,4)7-5-6/h7H2,6H3. The lowest BCUT2D eigenvalue weighted by molar-refractivity contribution is -0.0544. The summed E-state index contributed by atoms with van der Waals surface area (Å²) in [7, 11) is -1.97. The predicted octanol–water partition coefficient (Wildman–Crippen LogP) is -1.11. The third-order valence-electron chi connectivity index (χ3n) is 0.308. The highest BCUT2D eigenvalue weighted by Crippen LogP contribution is 2.10. The molecule has 0 spiro atoms. The van der Waals surface area contributed by atoms with Crippen molar-refractivity contribution in [3.63, 3.8) is 0 Å². The van der Waals surface area contributed by atoms with Crippen LogP contribution in [-0.2, 0) is 4.12 Å². The Morgan fingerprint density at radius 1 is 1.43 bits per heavy atom. The van der Waals surface area contributed by atoms with Gasteiger partial charge in [-0.1, -0.05) is 0 Å². The first kappa shape index (κ1) is 7.18. The first-order chi connectivity index (χ1) is 3.06. The van der Waals surface area contributed by atoms with E-state index < -0.39 is 15.6 Å². The van der Waals surface area contributed by atoms with E-state index in [2.05, 4.69) is 4.12 Å². The van der Waals surface area contributed by atoms with E-state index in [0.717, 1.165) is 0 Å². The van der Waals surface area contributed by atoms with Gasteiger partial charge in [-0.2, -0.15) is 13.2 Å². The highest BCUT2D eigenvalue weighted by Gasteiger charge is 2.26. The van der Waals surface area contributed by atoms with Crippen LogP contribution in [0.1, 0.15) is 0 Å². The third-order valence-corrected chi connectivity index (χ3v) is 1.79.